The molecule has 0 unspecified atom stereocenters. The molecule has 0 fully saturated rings. The predicted octanol–water partition coefficient (Wildman–Crippen LogP) is 6.04. The van der Waals surface area contributed by atoms with Crippen LogP contribution in [-0.2, 0) is 10.0 Å². The second-order valence-corrected chi connectivity index (χ2v) is 8.71. The van der Waals surface area contributed by atoms with Crippen LogP contribution in [-0.4, -0.2) is 8.42 Å². The van der Waals surface area contributed by atoms with E-state index in [1.54, 1.807) is 12.1 Å². The first-order valence-electron chi connectivity index (χ1n) is 7.74. The summed E-state index contributed by atoms with van der Waals surface area (Å²) in [6.07, 6.45) is 0. The van der Waals surface area contributed by atoms with E-state index in [0.717, 1.165) is 11.1 Å². The first-order chi connectivity index (χ1) is 11.1. The number of hydrogen-bond donors (Lipinski definition) is 1. The highest BCUT2D eigenvalue weighted by Gasteiger charge is 2.23. The van der Waals surface area contributed by atoms with E-state index in [1.807, 2.05) is 45.9 Å². The molecule has 0 aliphatic heterocycles. The number of hydrogen-bond acceptors (Lipinski definition) is 2. The van der Waals surface area contributed by atoms with Crippen LogP contribution in [0.2, 0.25) is 10.0 Å². The van der Waals surface area contributed by atoms with Crippen LogP contribution in [0.15, 0.2) is 41.3 Å². The molecule has 2 aromatic carbocycles. The summed E-state index contributed by atoms with van der Waals surface area (Å²) in [7, 11) is -3.84. The standard InChI is InChI=1S/C18H21Cl2NO2S/c1-11(2)13-7-5-8-14(12(3)4)18(13)21-24(22,23)16-10-6-9-15(19)17(16)20/h5-12,21H,1-4H3. The highest BCUT2D eigenvalue weighted by molar-refractivity contribution is 7.92. The Hall–Kier alpha value is -1.23. The van der Waals surface area contributed by atoms with Gasteiger partial charge in [-0.2, -0.15) is 0 Å². The zero-order valence-electron chi connectivity index (χ0n) is 14.1. The summed E-state index contributed by atoms with van der Waals surface area (Å²) in [4.78, 5) is -0.0232. The monoisotopic (exact) mass is 385 g/mol. The number of nitrogens with one attached hydrogen (secondary N) is 1. The molecule has 0 spiro atoms. The Bertz CT molecular complexity index is 820. The second kappa shape index (κ2) is 7.34. The fourth-order valence-electron chi connectivity index (χ4n) is 2.55. The van der Waals surface area contributed by atoms with Gasteiger partial charge in [-0.05, 0) is 35.1 Å². The molecule has 130 valence electrons. The maximum Gasteiger partial charge on any atom is 0.263 e. The first kappa shape index (κ1) is 19.1. The van der Waals surface area contributed by atoms with Crippen LogP contribution in [0.3, 0.4) is 0 Å². The first-order valence-corrected chi connectivity index (χ1v) is 9.98. The van der Waals surface area contributed by atoms with Crippen molar-refractivity contribution in [2.75, 3.05) is 4.72 Å². The summed E-state index contributed by atoms with van der Waals surface area (Å²) < 4.78 is 28.5. The zero-order chi connectivity index (χ0) is 18.1. The van der Waals surface area contributed by atoms with Crippen molar-refractivity contribution < 1.29 is 8.42 Å². The molecule has 0 saturated carbocycles. The third kappa shape index (κ3) is 3.88. The molecule has 0 atom stereocenters. The van der Waals surface area contributed by atoms with Crippen LogP contribution in [0.1, 0.15) is 50.7 Å². The van der Waals surface area contributed by atoms with E-state index in [1.165, 1.54) is 6.07 Å². The summed E-state index contributed by atoms with van der Waals surface area (Å²) >= 11 is 12.1. The van der Waals surface area contributed by atoms with Gasteiger partial charge >= 0.3 is 0 Å². The minimum absolute atomic E-state index is 0.0232. The third-order valence-electron chi connectivity index (χ3n) is 3.82. The van der Waals surface area contributed by atoms with Gasteiger partial charge in [0.15, 0.2) is 0 Å². The minimum atomic E-state index is -3.84. The van der Waals surface area contributed by atoms with Crippen molar-refractivity contribution in [1.82, 2.24) is 0 Å². The topological polar surface area (TPSA) is 46.2 Å². The smallest absolute Gasteiger partial charge is 0.263 e. The molecule has 0 aliphatic rings. The lowest BCUT2D eigenvalue weighted by Crippen LogP contribution is -2.17. The lowest BCUT2D eigenvalue weighted by molar-refractivity contribution is 0.601. The van der Waals surface area contributed by atoms with E-state index in [4.69, 9.17) is 23.2 Å². The molecule has 0 amide bonds. The average Bonchev–Trinajstić information content (AvgIpc) is 2.49. The summed E-state index contributed by atoms with van der Waals surface area (Å²) in [6.45, 7) is 8.13. The Morgan fingerprint density at radius 3 is 1.88 bits per heavy atom. The maximum atomic E-state index is 12.9. The number of rotatable bonds is 5. The lowest BCUT2D eigenvalue weighted by Gasteiger charge is -2.21. The van der Waals surface area contributed by atoms with Crippen molar-refractivity contribution in [3.63, 3.8) is 0 Å². The van der Waals surface area contributed by atoms with Gasteiger partial charge in [0.05, 0.1) is 15.7 Å². The van der Waals surface area contributed by atoms with Gasteiger partial charge in [0.25, 0.3) is 10.0 Å². The number of anilines is 1. The van der Waals surface area contributed by atoms with Gasteiger partial charge in [-0.15, -0.1) is 0 Å². The summed E-state index contributed by atoms with van der Waals surface area (Å²) in [5.74, 6) is 0.354. The van der Waals surface area contributed by atoms with Crippen LogP contribution >= 0.6 is 23.2 Å². The highest BCUT2D eigenvalue weighted by Crippen LogP contribution is 2.36. The number of halogens is 2. The van der Waals surface area contributed by atoms with Crippen molar-refractivity contribution in [1.29, 1.82) is 0 Å². The van der Waals surface area contributed by atoms with Crippen LogP contribution < -0.4 is 4.72 Å². The van der Waals surface area contributed by atoms with E-state index < -0.39 is 10.0 Å². The van der Waals surface area contributed by atoms with Crippen molar-refractivity contribution in [3.8, 4) is 0 Å². The Balaban J connectivity index is 2.60. The number of para-hydroxylation sites is 1. The molecule has 24 heavy (non-hydrogen) atoms. The largest absolute Gasteiger partial charge is 0.279 e. The molecule has 1 N–H and O–H groups in total. The van der Waals surface area contributed by atoms with Gasteiger partial charge in [-0.1, -0.05) is 75.2 Å². The van der Waals surface area contributed by atoms with Crippen molar-refractivity contribution in [3.05, 3.63) is 57.6 Å². The minimum Gasteiger partial charge on any atom is -0.279 e. The van der Waals surface area contributed by atoms with Gasteiger partial charge < -0.3 is 0 Å². The summed E-state index contributed by atoms with van der Waals surface area (Å²) in [5, 5.41) is 0.237. The Morgan fingerprint density at radius 1 is 0.875 bits per heavy atom. The molecule has 6 heteroatoms. The van der Waals surface area contributed by atoms with Crippen molar-refractivity contribution >= 4 is 38.9 Å². The normalized spacial score (nSPS) is 12.0. The van der Waals surface area contributed by atoms with Crippen molar-refractivity contribution in [2.45, 2.75) is 44.4 Å². The molecule has 2 aromatic rings. The quantitative estimate of drug-likeness (QED) is 0.681. The fraction of sp³-hybridized carbons (Fsp3) is 0.333. The van der Waals surface area contributed by atoms with E-state index in [-0.39, 0.29) is 26.8 Å². The van der Waals surface area contributed by atoms with Gasteiger partial charge in [0, 0.05) is 0 Å². The van der Waals surface area contributed by atoms with Gasteiger partial charge in [-0.25, -0.2) is 8.42 Å². The van der Waals surface area contributed by atoms with Crippen LogP contribution in [0.4, 0.5) is 5.69 Å². The molecule has 3 nitrogen and oxygen atoms in total. The average molecular weight is 386 g/mol. The van der Waals surface area contributed by atoms with Crippen LogP contribution in [0.5, 0.6) is 0 Å². The predicted molar refractivity (Wildman–Crippen MR) is 102 cm³/mol. The molecule has 0 radical (unpaired) electrons. The molecule has 0 bridgehead atoms. The molecule has 0 aliphatic carbocycles. The number of sulfonamides is 1. The van der Waals surface area contributed by atoms with Crippen LogP contribution in [0.25, 0.3) is 0 Å². The Kier molecular flexibility index (Phi) is 5.84. The molecule has 0 saturated heterocycles. The summed E-state index contributed by atoms with van der Waals surface area (Å²) in [5.41, 5.74) is 2.52. The van der Waals surface area contributed by atoms with E-state index in [9.17, 15) is 8.42 Å². The van der Waals surface area contributed by atoms with Gasteiger partial charge in [0.2, 0.25) is 0 Å². The fourth-order valence-corrected chi connectivity index (χ4v) is 4.43. The second-order valence-electron chi connectivity index (χ2n) is 6.28. The molecule has 0 heterocycles. The SMILES string of the molecule is CC(C)c1cccc(C(C)C)c1NS(=O)(=O)c1cccc(Cl)c1Cl. The molecular weight excluding hydrogens is 365 g/mol. The van der Waals surface area contributed by atoms with Gasteiger partial charge in [-0.3, -0.25) is 4.72 Å². The van der Waals surface area contributed by atoms with Crippen LogP contribution in [0, 0.1) is 0 Å². The highest BCUT2D eigenvalue weighted by atomic mass is 35.5. The van der Waals surface area contributed by atoms with E-state index in [0.29, 0.717) is 5.69 Å². The van der Waals surface area contributed by atoms with Gasteiger partial charge in [0.1, 0.15) is 4.90 Å². The zero-order valence-corrected chi connectivity index (χ0v) is 16.4. The maximum absolute atomic E-state index is 12.9. The van der Waals surface area contributed by atoms with E-state index in [2.05, 4.69) is 4.72 Å². The molecule has 2 rings (SSSR count). The molecular formula is C18H21Cl2NO2S. The summed E-state index contributed by atoms with van der Waals surface area (Å²) in [6, 6.07) is 10.4. The lowest BCUT2D eigenvalue weighted by atomic mass is 9.93. The Morgan fingerprint density at radius 2 is 1.38 bits per heavy atom. The third-order valence-corrected chi connectivity index (χ3v) is 6.14. The van der Waals surface area contributed by atoms with E-state index >= 15 is 0 Å². The number of benzene rings is 2. The Labute approximate surface area is 154 Å². The van der Waals surface area contributed by atoms with Crippen molar-refractivity contribution in [2.24, 2.45) is 0 Å². The molecule has 0 aromatic heterocycles.